The first-order valence-electron chi connectivity index (χ1n) is 11.3. The van der Waals surface area contributed by atoms with E-state index in [1.807, 2.05) is 74.8 Å². The van der Waals surface area contributed by atoms with Crippen LogP contribution in [0.15, 0.2) is 77.3 Å². The van der Waals surface area contributed by atoms with E-state index >= 15 is 0 Å². The zero-order valence-electron chi connectivity index (χ0n) is 19.4. The highest BCUT2D eigenvalue weighted by Gasteiger charge is 2.20. The van der Waals surface area contributed by atoms with Crippen LogP contribution in [0.1, 0.15) is 18.7 Å². The minimum Gasteiger partial charge on any atom is -0.360 e. The van der Waals surface area contributed by atoms with Crippen molar-refractivity contribution in [3.8, 4) is 16.8 Å². The van der Waals surface area contributed by atoms with Crippen molar-refractivity contribution in [3.05, 3.63) is 93.8 Å². The number of thiazole rings is 1. The van der Waals surface area contributed by atoms with Crippen LogP contribution in [0.3, 0.4) is 0 Å². The lowest BCUT2D eigenvalue weighted by Crippen LogP contribution is -2.26. The van der Waals surface area contributed by atoms with Crippen molar-refractivity contribution in [1.82, 2.24) is 29.3 Å². The van der Waals surface area contributed by atoms with Gasteiger partial charge in [0.1, 0.15) is 5.52 Å². The van der Waals surface area contributed by atoms with E-state index in [-0.39, 0.29) is 16.9 Å². The van der Waals surface area contributed by atoms with Crippen LogP contribution in [-0.2, 0) is 7.05 Å². The van der Waals surface area contributed by atoms with Gasteiger partial charge in [-0.2, -0.15) is 10.1 Å². The summed E-state index contributed by atoms with van der Waals surface area (Å²) >= 11 is 7.57. The van der Waals surface area contributed by atoms with Gasteiger partial charge in [-0.3, -0.25) is 14.0 Å². The lowest BCUT2D eigenvalue weighted by atomic mass is 9.99. The minimum atomic E-state index is -0.305. The molecule has 0 aliphatic heterocycles. The summed E-state index contributed by atoms with van der Waals surface area (Å²) in [6, 6.07) is 17.2. The van der Waals surface area contributed by atoms with Crippen molar-refractivity contribution in [3.63, 3.8) is 0 Å². The van der Waals surface area contributed by atoms with E-state index in [1.54, 1.807) is 21.0 Å². The fourth-order valence-electron chi connectivity index (χ4n) is 4.46. The number of nitrogens with zero attached hydrogens (tertiary/aromatic N) is 6. The highest BCUT2D eigenvalue weighted by molar-refractivity contribution is 7.16. The zero-order valence-corrected chi connectivity index (χ0v) is 21.0. The number of fused-ring (bicyclic) bond motifs is 2. The average molecular weight is 514 g/mol. The van der Waals surface area contributed by atoms with Gasteiger partial charge in [-0.05, 0) is 47.7 Å². The molecule has 1 N–H and O–H groups in total. The van der Waals surface area contributed by atoms with Crippen LogP contribution in [0.25, 0.3) is 37.9 Å². The molecule has 1 unspecified atom stereocenters. The Morgan fingerprint density at radius 1 is 1.08 bits per heavy atom. The zero-order chi connectivity index (χ0) is 24.8. The maximum atomic E-state index is 14.2. The second kappa shape index (κ2) is 8.85. The van der Waals surface area contributed by atoms with Crippen LogP contribution in [0, 0.1) is 0 Å². The van der Waals surface area contributed by atoms with E-state index in [1.165, 1.54) is 11.3 Å². The molecule has 0 radical (unpaired) electrons. The van der Waals surface area contributed by atoms with Crippen LogP contribution < -0.4 is 10.9 Å². The standard InChI is InChI=1S/C26H20ClN7OS/c1-15(30-23-22-24(36-14-28-22)32-26(27)31-23)20-11-16-7-6-10-19(17-12-29-33(2)13-17)21(16)25(35)34(20)18-8-4-3-5-9-18/h3-15H,1-2H3,(H,30,31,32). The van der Waals surface area contributed by atoms with Gasteiger partial charge in [0.2, 0.25) is 5.28 Å². The average Bonchev–Trinajstić information content (AvgIpc) is 3.53. The molecule has 0 aliphatic carbocycles. The topological polar surface area (TPSA) is 90.5 Å². The van der Waals surface area contributed by atoms with Gasteiger partial charge in [-0.15, -0.1) is 11.3 Å². The molecule has 0 saturated carbocycles. The largest absolute Gasteiger partial charge is 0.360 e. The van der Waals surface area contributed by atoms with Crippen LogP contribution in [0.5, 0.6) is 0 Å². The Balaban J connectivity index is 1.57. The lowest BCUT2D eigenvalue weighted by molar-refractivity contribution is 0.768. The molecule has 2 aromatic carbocycles. The van der Waals surface area contributed by atoms with Gasteiger partial charge in [0.25, 0.3) is 5.56 Å². The van der Waals surface area contributed by atoms with Gasteiger partial charge in [-0.25, -0.2) is 9.97 Å². The molecule has 1 atom stereocenters. The summed E-state index contributed by atoms with van der Waals surface area (Å²) in [7, 11) is 1.86. The number of para-hydroxylation sites is 1. The third-order valence-corrected chi connectivity index (χ3v) is 6.96. The predicted molar refractivity (Wildman–Crippen MR) is 144 cm³/mol. The summed E-state index contributed by atoms with van der Waals surface area (Å²) in [4.78, 5) is 27.9. The molecule has 178 valence electrons. The molecule has 10 heteroatoms. The van der Waals surface area contributed by atoms with Gasteiger partial charge >= 0.3 is 0 Å². The number of hydrogen-bond acceptors (Lipinski definition) is 7. The molecule has 36 heavy (non-hydrogen) atoms. The van der Waals surface area contributed by atoms with Gasteiger partial charge in [-0.1, -0.05) is 36.4 Å². The Hall–Kier alpha value is -4.08. The van der Waals surface area contributed by atoms with Crippen LogP contribution in [-0.4, -0.2) is 29.3 Å². The molecule has 8 nitrogen and oxygen atoms in total. The number of rotatable bonds is 5. The Labute approximate surface area is 214 Å². The summed E-state index contributed by atoms with van der Waals surface area (Å²) in [5, 5.41) is 9.34. The van der Waals surface area contributed by atoms with Crippen molar-refractivity contribution in [1.29, 1.82) is 0 Å². The summed E-state index contributed by atoms with van der Waals surface area (Å²) in [5.74, 6) is 0.523. The number of anilines is 1. The quantitative estimate of drug-likeness (QED) is 0.301. The second-order valence-corrected chi connectivity index (χ2v) is 9.60. The Morgan fingerprint density at radius 2 is 1.92 bits per heavy atom. The molecule has 0 aliphatic rings. The fourth-order valence-corrected chi connectivity index (χ4v) is 5.34. The van der Waals surface area contributed by atoms with Crippen molar-refractivity contribution in [2.24, 2.45) is 7.05 Å². The van der Waals surface area contributed by atoms with Gasteiger partial charge in [0, 0.05) is 30.2 Å². The van der Waals surface area contributed by atoms with Crippen LogP contribution in [0.2, 0.25) is 5.28 Å². The maximum Gasteiger partial charge on any atom is 0.263 e. The number of aryl methyl sites for hydroxylation is 1. The molecule has 0 saturated heterocycles. The summed E-state index contributed by atoms with van der Waals surface area (Å²) in [6.45, 7) is 1.99. The summed E-state index contributed by atoms with van der Waals surface area (Å²) in [6.07, 6.45) is 3.69. The van der Waals surface area contributed by atoms with E-state index in [9.17, 15) is 4.79 Å². The van der Waals surface area contributed by atoms with Crippen molar-refractivity contribution in [2.75, 3.05) is 5.32 Å². The Bertz CT molecular complexity index is 1790. The van der Waals surface area contributed by atoms with E-state index in [0.717, 1.165) is 27.9 Å². The molecule has 0 fully saturated rings. The predicted octanol–water partition coefficient (Wildman–Crippen LogP) is 5.62. The number of aromatic nitrogens is 6. The molecule has 4 aromatic heterocycles. The van der Waals surface area contributed by atoms with Gasteiger partial charge < -0.3 is 5.32 Å². The summed E-state index contributed by atoms with van der Waals surface area (Å²) in [5.41, 5.74) is 5.52. The normalized spacial score (nSPS) is 12.3. The molecule has 6 aromatic rings. The first kappa shape index (κ1) is 22.4. The molecular formula is C26H20ClN7OS. The third-order valence-electron chi connectivity index (χ3n) is 6.07. The van der Waals surface area contributed by atoms with E-state index in [0.29, 0.717) is 21.6 Å². The fraction of sp³-hybridized carbons (Fsp3) is 0.115. The van der Waals surface area contributed by atoms with Crippen molar-refractivity contribution in [2.45, 2.75) is 13.0 Å². The maximum absolute atomic E-state index is 14.2. The highest BCUT2D eigenvalue weighted by Crippen LogP contribution is 2.31. The minimum absolute atomic E-state index is 0.110. The molecule has 0 bridgehead atoms. The van der Waals surface area contributed by atoms with Crippen molar-refractivity contribution >= 4 is 49.9 Å². The molecule has 0 spiro atoms. The van der Waals surface area contributed by atoms with Crippen LogP contribution >= 0.6 is 22.9 Å². The number of halogens is 1. The number of benzene rings is 2. The molecule has 6 rings (SSSR count). The second-order valence-electron chi connectivity index (χ2n) is 8.43. The lowest BCUT2D eigenvalue weighted by Gasteiger charge is -2.22. The Kier molecular flexibility index (Phi) is 5.50. The summed E-state index contributed by atoms with van der Waals surface area (Å²) < 4.78 is 3.48. The highest BCUT2D eigenvalue weighted by atomic mass is 35.5. The van der Waals surface area contributed by atoms with Crippen molar-refractivity contribution < 1.29 is 0 Å². The first-order valence-corrected chi connectivity index (χ1v) is 12.5. The van der Waals surface area contributed by atoms with E-state index in [2.05, 4.69) is 25.4 Å². The monoisotopic (exact) mass is 513 g/mol. The van der Waals surface area contributed by atoms with E-state index < -0.39 is 0 Å². The molecule has 0 amide bonds. The molecular weight excluding hydrogens is 494 g/mol. The third kappa shape index (κ3) is 3.82. The van der Waals surface area contributed by atoms with Gasteiger partial charge in [0.05, 0.1) is 23.1 Å². The van der Waals surface area contributed by atoms with Crippen LogP contribution in [0.4, 0.5) is 5.82 Å². The number of hydrogen-bond donors (Lipinski definition) is 1. The smallest absolute Gasteiger partial charge is 0.263 e. The molecule has 4 heterocycles. The Morgan fingerprint density at radius 3 is 2.69 bits per heavy atom. The number of nitrogens with one attached hydrogen (secondary N) is 1. The van der Waals surface area contributed by atoms with E-state index in [4.69, 9.17) is 11.6 Å². The number of pyridine rings is 1. The first-order chi connectivity index (χ1) is 17.5. The SMILES string of the molecule is CC(Nc1nc(Cl)nc2scnc12)c1cc2cccc(-c3cnn(C)c3)c2c(=O)n1-c1ccccc1. The van der Waals surface area contributed by atoms with Gasteiger partial charge in [0.15, 0.2) is 10.6 Å².